The molecule has 0 saturated heterocycles. The van der Waals surface area contributed by atoms with Crippen molar-refractivity contribution in [2.45, 2.75) is 25.8 Å². The van der Waals surface area contributed by atoms with Crippen LogP contribution >= 0.6 is 34.5 Å². The predicted molar refractivity (Wildman–Crippen MR) is 137 cm³/mol. The summed E-state index contributed by atoms with van der Waals surface area (Å²) in [6.45, 7) is 1.60. The monoisotopic (exact) mass is 532 g/mol. The Morgan fingerprint density at radius 1 is 1.14 bits per heavy atom. The molecule has 3 aromatic rings. The van der Waals surface area contributed by atoms with Crippen LogP contribution in [0.25, 0.3) is 0 Å². The van der Waals surface area contributed by atoms with E-state index in [0.29, 0.717) is 21.3 Å². The van der Waals surface area contributed by atoms with Gasteiger partial charge in [0.05, 0.1) is 11.3 Å². The first-order valence-electron chi connectivity index (χ1n) is 10.8. The first-order valence-corrected chi connectivity index (χ1v) is 12.4. The zero-order valence-electron chi connectivity index (χ0n) is 18.7. The molecule has 0 radical (unpaired) electrons. The molecule has 35 heavy (non-hydrogen) atoms. The maximum atomic E-state index is 13.0. The minimum Gasteiger partial charge on any atom is -0.478 e. The third-order valence-electron chi connectivity index (χ3n) is 5.54. The van der Waals surface area contributed by atoms with E-state index in [0.717, 1.165) is 30.1 Å². The fraction of sp³-hybridized carbons (Fsp3) is 0.250. The number of hydrogen-bond acceptors (Lipinski definition) is 6. The number of benzene rings is 2. The number of nitrogens with zero attached hydrogens (tertiary/aromatic N) is 2. The van der Waals surface area contributed by atoms with Gasteiger partial charge in [0.2, 0.25) is 5.91 Å². The summed E-state index contributed by atoms with van der Waals surface area (Å²) in [5.41, 5.74) is 2.15. The zero-order valence-corrected chi connectivity index (χ0v) is 21.1. The molecule has 1 aliphatic heterocycles. The van der Waals surface area contributed by atoms with Crippen LogP contribution in [0, 0.1) is 0 Å². The van der Waals surface area contributed by atoms with Crippen molar-refractivity contribution in [2.75, 3.05) is 24.2 Å². The van der Waals surface area contributed by atoms with Crippen LogP contribution in [0.5, 0.6) is 0 Å². The summed E-state index contributed by atoms with van der Waals surface area (Å²) < 4.78 is 0. The van der Waals surface area contributed by atoms with E-state index in [1.54, 1.807) is 24.3 Å². The number of thiazole rings is 1. The Bertz CT molecular complexity index is 1290. The normalized spacial score (nSPS) is 13.2. The number of anilines is 2. The van der Waals surface area contributed by atoms with Crippen LogP contribution in [0.1, 0.15) is 42.7 Å². The minimum atomic E-state index is -1.18. The predicted octanol–water partition coefficient (Wildman–Crippen LogP) is 4.96. The lowest BCUT2D eigenvalue weighted by Crippen LogP contribution is -2.25. The summed E-state index contributed by atoms with van der Waals surface area (Å²) >= 11 is 13.6. The standard InChI is InChI=1S/C24H22Cl2N4O4S/c1-30-9-8-18-20(12-30)35-23(29-18)22(32)28-19-11-13(24(33)34)10-17(26)16(19)6-7-21(31)27-15-4-2-14(25)3-5-15/h2-5,10-11H,6-9,12H2,1H3,(H,27,31)(H,28,32)(H,33,34). The molecule has 0 spiro atoms. The molecule has 0 aliphatic carbocycles. The van der Waals surface area contributed by atoms with Gasteiger partial charge in [-0.25, -0.2) is 9.78 Å². The maximum absolute atomic E-state index is 13.0. The van der Waals surface area contributed by atoms with Gasteiger partial charge in [0.1, 0.15) is 0 Å². The maximum Gasteiger partial charge on any atom is 0.335 e. The highest BCUT2D eigenvalue weighted by Crippen LogP contribution is 2.30. The number of carbonyl (C=O) groups excluding carboxylic acids is 2. The summed E-state index contributed by atoms with van der Waals surface area (Å²) in [7, 11) is 2.01. The van der Waals surface area contributed by atoms with Gasteiger partial charge in [-0.3, -0.25) is 9.59 Å². The van der Waals surface area contributed by atoms with E-state index in [2.05, 4.69) is 20.5 Å². The van der Waals surface area contributed by atoms with Crippen molar-refractivity contribution in [1.29, 1.82) is 0 Å². The number of carboxylic acid groups (broad SMARTS) is 1. The van der Waals surface area contributed by atoms with Gasteiger partial charge in [0.25, 0.3) is 5.91 Å². The second-order valence-electron chi connectivity index (χ2n) is 8.18. The minimum absolute atomic E-state index is 0.0650. The van der Waals surface area contributed by atoms with Crippen molar-refractivity contribution in [3.8, 4) is 0 Å². The van der Waals surface area contributed by atoms with E-state index in [1.165, 1.54) is 23.5 Å². The molecule has 8 nitrogen and oxygen atoms in total. The Balaban J connectivity index is 1.52. The Labute approximate surface area is 215 Å². The number of aromatic carboxylic acids is 1. The van der Waals surface area contributed by atoms with Gasteiger partial charge in [0, 0.05) is 52.2 Å². The number of aromatic nitrogens is 1. The molecule has 2 aromatic carbocycles. The number of halogens is 2. The fourth-order valence-electron chi connectivity index (χ4n) is 3.72. The molecule has 182 valence electrons. The summed E-state index contributed by atoms with van der Waals surface area (Å²) in [4.78, 5) is 44.7. The molecule has 3 N–H and O–H groups in total. The molecular weight excluding hydrogens is 511 g/mol. The summed E-state index contributed by atoms with van der Waals surface area (Å²) in [5, 5.41) is 16.0. The smallest absolute Gasteiger partial charge is 0.335 e. The highest BCUT2D eigenvalue weighted by molar-refractivity contribution is 7.13. The number of carboxylic acids is 1. The number of likely N-dealkylation sites (N-methyl/N-ethyl adjacent to an activating group) is 1. The number of hydrogen-bond donors (Lipinski definition) is 3. The number of nitrogens with one attached hydrogen (secondary N) is 2. The van der Waals surface area contributed by atoms with Crippen molar-refractivity contribution >= 4 is 63.7 Å². The molecule has 11 heteroatoms. The SMILES string of the molecule is CN1CCc2nc(C(=O)Nc3cc(C(=O)O)cc(Cl)c3CCC(=O)Nc3ccc(Cl)cc3)sc2C1. The Morgan fingerprint density at radius 2 is 1.89 bits per heavy atom. The molecule has 0 atom stereocenters. The second-order valence-corrected chi connectivity index (χ2v) is 10.1. The molecule has 4 rings (SSSR count). The van der Waals surface area contributed by atoms with Gasteiger partial charge in [-0.05, 0) is 55.4 Å². The topological polar surface area (TPSA) is 112 Å². The van der Waals surface area contributed by atoms with Gasteiger partial charge in [-0.1, -0.05) is 23.2 Å². The third-order valence-corrected chi connectivity index (χ3v) is 7.21. The molecule has 1 aliphatic rings. The average Bonchev–Trinajstić information content (AvgIpc) is 3.23. The van der Waals surface area contributed by atoms with Crippen LogP contribution in [0.2, 0.25) is 10.0 Å². The van der Waals surface area contributed by atoms with Crippen molar-refractivity contribution in [2.24, 2.45) is 0 Å². The van der Waals surface area contributed by atoms with Crippen molar-refractivity contribution in [3.05, 3.63) is 73.1 Å². The Morgan fingerprint density at radius 3 is 2.60 bits per heavy atom. The molecule has 0 unspecified atom stereocenters. The van der Waals surface area contributed by atoms with Gasteiger partial charge in [-0.2, -0.15) is 0 Å². The molecule has 0 fully saturated rings. The lowest BCUT2D eigenvalue weighted by molar-refractivity contribution is -0.116. The van der Waals surface area contributed by atoms with E-state index in [1.807, 2.05) is 7.05 Å². The highest BCUT2D eigenvalue weighted by atomic mass is 35.5. The Kier molecular flexibility index (Phi) is 7.71. The first kappa shape index (κ1) is 25.1. The zero-order chi connectivity index (χ0) is 25.1. The number of amides is 2. The molecule has 2 amide bonds. The molecule has 2 heterocycles. The summed E-state index contributed by atoms with van der Waals surface area (Å²) in [5.74, 6) is -1.89. The fourth-order valence-corrected chi connectivity index (χ4v) is 5.24. The van der Waals surface area contributed by atoms with Crippen LogP contribution in [0.4, 0.5) is 11.4 Å². The van der Waals surface area contributed by atoms with Crippen LogP contribution in [0.15, 0.2) is 36.4 Å². The van der Waals surface area contributed by atoms with Gasteiger partial charge in [-0.15, -0.1) is 11.3 Å². The largest absolute Gasteiger partial charge is 0.478 e. The van der Waals surface area contributed by atoms with Crippen molar-refractivity contribution < 1.29 is 19.5 Å². The van der Waals surface area contributed by atoms with Crippen molar-refractivity contribution in [3.63, 3.8) is 0 Å². The molecule has 1 aromatic heterocycles. The Hall–Kier alpha value is -2.98. The second kappa shape index (κ2) is 10.7. The molecule has 0 bridgehead atoms. The molecule has 0 saturated carbocycles. The summed E-state index contributed by atoms with van der Waals surface area (Å²) in [6.07, 6.45) is 1.02. The van der Waals surface area contributed by atoms with E-state index in [9.17, 15) is 19.5 Å². The van der Waals surface area contributed by atoms with E-state index in [4.69, 9.17) is 23.2 Å². The van der Waals surface area contributed by atoms with E-state index < -0.39 is 11.9 Å². The lowest BCUT2D eigenvalue weighted by Gasteiger charge is -2.20. The lowest BCUT2D eigenvalue weighted by atomic mass is 10.0. The highest BCUT2D eigenvalue weighted by Gasteiger charge is 2.23. The van der Waals surface area contributed by atoms with Gasteiger partial charge in [0.15, 0.2) is 5.01 Å². The third kappa shape index (κ3) is 6.18. The van der Waals surface area contributed by atoms with Gasteiger partial charge >= 0.3 is 5.97 Å². The first-order chi connectivity index (χ1) is 16.7. The average molecular weight is 533 g/mol. The van der Waals surface area contributed by atoms with Crippen LogP contribution in [0.3, 0.4) is 0 Å². The molecular formula is C24H22Cl2N4O4S. The number of fused-ring (bicyclic) bond motifs is 1. The van der Waals surface area contributed by atoms with E-state index >= 15 is 0 Å². The summed E-state index contributed by atoms with van der Waals surface area (Å²) in [6, 6.07) is 9.36. The number of rotatable bonds is 7. The quantitative estimate of drug-likeness (QED) is 0.396. The number of carbonyl (C=O) groups is 3. The van der Waals surface area contributed by atoms with Crippen LogP contribution in [-0.2, 0) is 24.2 Å². The van der Waals surface area contributed by atoms with Crippen LogP contribution < -0.4 is 10.6 Å². The van der Waals surface area contributed by atoms with Crippen molar-refractivity contribution in [1.82, 2.24) is 9.88 Å². The van der Waals surface area contributed by atoms with Gasteiger partial charge < -0.3 is 20.6 Å². The van der Waals surface area contributed by atoms with E-state index in [-0.39, 0.29) is 35.0 Å². The van der Waals surface area contributed by atoms with Crippen LogP contribution in [-0.4, -0.2) is 46.4 Å².